The molecule has 0 radical (unpaired) electrons. The Hall–Kier alpha value is -2.43. The zero-order valence-electron chi connectivity index (χ0n) is 17.3. The van der Waals surface area contributed by atoms with Gasteiger partial charge >= 0.3 is 5.97 Å². The molecule has 1 unspecified atom stereocenters. The lowest BCUT2D eigenvalue weighted by Crippen LogP contribution is -2.52. The van der Waals surface area contributed by atoms with Gasteiger partial charge in [0.15, 0.2) is 7.14 Å². The van der Waals surface area contributed by atoms with E-state index in [0.717, 1.165) is 0 Å². The summed E-state index contributed by atoms with van der Waals surface area (Å²) in [4.78, 5) is 12.6. The second-order valence-electron chi connectivity index (χ2n) is 7.11. The smallest absolute Gasteiger partial charge is 0.323 e. The second-order valence-corrected chi connectivity index (χ2v) is 9.98. The Balaban J connectivity index is 2.65. The Morgan fingerprint density at radius 3 is 1.93 bits per heavy atom. The minimum absolute atomic E-state index is 0.122. The van der Waals surface area contributed by atoms with Gasteiger partial charge in [0.05, 0.1) is 12.3 Å². The lowest BCUT2D eigenvalue weighted by Gasteiger charge is -2.33. The number of hydrogen-bond donors (Lipinski definition) is 2. The lowest BCUT2D eigenvalue weighted by molar-refractivity contribution is -0.146. The maximum atomic E-state index is 14.6. The second kappa shape index (κ2) is 10.4. The molecular formula is C22H29N2O4P. The number of carbonyl (C=O) groups excluding carboxylic acids is 1. The van der Waals surface area contributed by atoms with E-state index in [9.17, 15) is 14.6 Å². The summed E-state index contributed by atoms with van der Waals surface area (Å²) < 4.78 is 19.9. The summed E-state index contributed by atoms with van der Waals surface area (Å²) in [6.45, 7) is 7.35. The summed E-state index contributed by atoms with van der Waals surface area (Å²) in [6.07, 6.45) is 0. The van der Waals surface area contributed by atoms with E-state index >= 15 is 0 Å². The molecule has 2 N–H and O–H groups in total. The number of carbonyl (C=O) groups is 1. The van der Waals surface area contributed by atoms with E-state index in [-0.39, 0.29) is 18.2 Å². The zero-order valence-corrected chi connectivity index (χ0v) is 18.2. The Kier molecular flexibility index (Phi) is 8.18. The number of oxime groups is 1. The van der Waals surface area contributed by atoms with Crippen molar-refractivity contribution < 1.29 is 19.3 Å². The molecular weight excluding hydrogens is 387 g/mol. The fourth-order valence-electron chi connectivity index (χ4n) is 3.22. The molecule has 0 amide bonds. The largest absolute Gasteiger partial charge is 0.465 e. The van der Waals surface area contributed by atoms with Crippen molar-refractivity contribution in [1.82, 2.24) is 5.32 Å². The standard InChI is InChI=1S/C22H29N2O4P/c1-5-28-22(25)20(16(2)3)23-21(17(4)24-26)29(27,18-12-8-6-9-13-18)19-14-10-7-11-15-19/h6-16,20-21,23,26H,5H2,1-4H3/b24-17+/t20-,21?/m0/s1. The molecule has 2 aromatic rings. The zero-order chi connectivity index (χ0) is 21.4. The van der Waals surface area contributed by atoms with Crippen LogP contribution in [0.3, 0.4) is 0 Å². The van der Waals surface area contributed by atoms with Gasteiger partial charge in [0.1, 0.15) is 11.8 Å². The van der Waals surface area contributed by atoms with Crippen LogP contribution in [-0.4, -0.2) is 35.3 Å². The number of rotatable bonds is 9. The number of nitrogens with one attached hydrogen (secondary N) is 1. The molecule has 7 heteroatoms. The molecule has 0 saturated carbocycles. The minimum atomic E-state index is -3.37. The summed E-state index contributed by atoms with van der Waals surface area (Å²) in [5.41, 5.74) is 0.232. The van der Waals surface area contributed by atoms with E-state index in [1.807, 2.05) is 50.2 Å². The van der Waals surface area contributed by atoms with Gasteiger partial charge in [0, 0.05) is 10.6 Å². The van der Waals surface area contributed by atoms with Gasteiger partial charge in [0.2, 0.25) is 0 Å². The van der Waals surface area contributed by atoms with Crippen LogP contribution in [0.2, 0.25) is 0 Å². The van der Waals surface area contributed by atoms with Gasteiger partial charge < -0.3 is 14.5 Å². The molecule has 2 aromatic carbocycles. The average molecular weight is 416 g/mol. The normalized spacial score (nSPS) is 14.4. The molecule has 0 saturated heterocycles. The van der Waals surface area contributed by atoms with E-state index in [0.29, 0.717) is 10.6 Å². The van der Waals surface area contributed by atoms with Gasteiger partial charge in [-0.1, -0.05) is 79.7 Å². The van der Waals surface area contributed by atoms with E-state index in [1.54, 1.807) is 38.1 Å². The monoisotopic (exact) mass is 416 g/mol. The van der Waals surface area contributed by atoms with Crippen molar-refractivity contribution in [3.63, 3.8) is 0 Å². The molecule has 0 aromatic heterocycles. The Morgan fingerprint density at radius 1 is 1.07 bits per heavy atom. The molecule has 0 bridgehead atoms. The summed E-state index contributed by atoms with van der Waals surface area (Å²) >= 11 is 0. The molecule has 6 nitrogen and oxygen atoms in total. The minimum Gasteiger partial charge on any atom is -0.465 e. The molecule has 2 atom stereocenters. The number of nitrogens with zero attached hydrogens (tertiary/aromatic N) is 1. The maximum Gasteiger partial charge on any atom is 0.323 e. The van der Waals surface area contributed by atoms with Gasteiger partial charge in [-0.3, -0.25) is 10.1 Å². The molecule has 0 aliphatic carbocycles. The third kappa shape index (κ3) is 5.14. The first-order valence-corrected chi connectivity index (χ1v) is 11.5. The molecule has 156 valence electrons. The van der Waals surface area contributed by atoms with Gasteiger partial charge in [-0.2, -0.15) is 0 Å². The summed E-state index contributed by atoms with van der Waals surface area (Å²) in [5.74, 6) is -1.43. The Morgan fingerprint density at radius 2 is 1.55 bits per heavy atom. The fourth-order valence-corrected chi connectivity index (χ4v) is 6.30. The first kappa shape index (κ1) is 22.9. The third-order valence-electron chi connectivity index (χ3n) is 4.74. The van der Waals surface area contributed by atoms with Crippen molar-refractivity contribution >= 4 is 29.4 Å². The van der Waals surface area contributed by atoms with Crippen LogP contribution in [0, 0.1) is 5.92 Å². The van der Waals surface area contributed by atoms with Crippen LogP contribution in [0.15, 0.2) is 65.8 Å². The highest BCUT2D eigenvalue weighted by atomic mass is 31.2. The summed E-state index contributed by atoms with van der Waals surface area (Å²) in [6, 6.07) is 17.4. The topological polar surface area (TPSA) is 88.0 Å². The molecule has 0 fully saturated rings. The van der Waals surface area contributed by atoms with Crippen LogP contribution in [0.25, 0.3) is 0 Å². The van der Waals surface area contributed by atoms with Crippen LogP contribution in [0.4, 0.5) is 0 Å². The van der Waals surface area contributed by atoms with E-state index in [2.05, 4.69) is 10.5 Å². The number of esters is 1. The third-order valence-corrected chi connectivity index (χ3v) is 8.12. The van der Waals surface area contributed by atoms with Crippen molar-refractivity contribution in [3.05, 3.63) is 60.7 Å². The average Bonchev–Trinajstić information content (AvgIpc) is 2.74. The molecule has 0 heterocycles. The predicted octanol–water partition coefficient (Wildman–Crippen LogP) is 3.35. The summed E-state index contributed by atoms with van der Waals surface area (Å²) in [5, 5.41) is 17.3. The Labute approximate surface area is 172 Å². The van der Waals surface area contributed by atoms with E-state index in [4.69, 9.17) is 4.74 Å². The van der Waals surface area contributed by atoms with Gasteiger partial charge in [-0.25, -0.2) is 0 Å². The highest BCUT2D eigenvalue weighted by molar-refractivity contribution is 7.80. The highest BCUT2D eigenvalue weighted by Gasteiger charge is 2.41. The maximum absolute atomic E-state index is 14.6. The van der Waals surface area contributed by atoms with Crippen molar-refractivity contribution in [2.45, 2.75) is 39.5 Å². The predicted molar refractivity (Wildman–Crippen MR) is 117 cm³/mol. The first-order chi connectivity index (χ1) is 13.9. The number of ether oxygens (including phenoxy) is 1. The quantitative estimate of drug-likeness (QED) is 0.215. The fraction of sp³-hybridized carbons (Fsp3) is 0.364. The molecule has 2 rings (SSSR count). The molecule has 29 heavy (non-hydrogen) atoms. The first-order valence-electron chi connectivity index (χ1n) is 9.68. The van der Waals surface area contributed by atoms with Crippen LogP contribution in [0.5, 0.6) is 0 Å². The van der Waals surface area contributed by atoms with Gasteiger partial charge in [0.25, 0.3) is 0 Å². The van der Waals surface area contributed by atoms with Crippen LogP contribution < -0.4 is 15.9 Å². The number of benzene rings is 2. The van der Waals surface area contributed by atoms with Crippen molar-refractivity contribution in [1.29, 1.82) is 0 Å². The van der Waals surface area contributed by atoms with Crippen LogP contribution >= 0.6 is 7.14 Å². The van der Waals surface area contributed by atoms with Gasteiger partial charge in [-0.15, -0.1) is 0 Å². The number of hydrogen-bond acceptors (Lipinski definition) is 6. The van der Waals surface area contributed by atoms with Crippen LogP contribution in [-0.2, 0) is 14.1 Å². The molecule has 0 aliphatic rings. The molecule has 0 spiro atoms. The van der Waals surface area contributed by atoms with Crippen molar-refractivity contribution in [3.8, 4) is 0 Å². The van der Waals surface area contributed by atoms with Crippen molar-refractivity contribution in [2.24, 2.45) is 11.1 Å². The van der Waals surface area contributed by atoms with Crippen LogP contribution in [0.1, 0.15) is 27.7 Å². The SMILES string of the molecule is CCOC(=O)[C@@H](NC(/C(C)=N/O)P(=O)(c1ccccc1)c1ccccc1)C(C)C. The Bertz CT molecular complexity index is 825. The van der Waals surface area contributed by atoms with E-state index < -0.39 is 24.9 Å². The lowest BCUT2D eigenvalue weighted by atomic mass is 10.0. The summed E-state index contributed by atoms with van der Waals surface area (Å²) in [7, 11) is -3.37. The van der Waals surface area contributed by atoms with E-state index in [1.165, 1.54) is 0 Å². The molecule has 0 aliphatic heterocycles. The van der Waals surface area contributed by atoms with Crippen molar-refractivity contribution in [2.75, 3.05) is 6.61 Å². The van der Waals surface area contributed by atoms with Gasteiger partial charge in [-0.05, 0) is 19.8 Å². The highest BCUT2D eigenvalue weighted by Crippen LogP contribution is 2.48.